The Kier molecular flexibility index (Phi) is 4.10. The van der Waals surface area contributed by atoms with Crippen LogP contribution >= 0.6 is 0 Å². The summed E-state index contributed by atoms with van der Waals surface area (Å²) in [5.74, 6) is 0.845. The number of aromatic amines is 1. The zero-order chi connectivity index (χ0) is 13.8. The predicted octanol–water partition coefficient (Wildman–Crippen LogP) is 3.05. The minimum atomic E-state index is 0.0601. The number of ether oxygens (including phenoxy) is 1. The maximum absolute atomic E-state index is 12.4. The molecule has 19 heavy (non-hydrogen) atoms. The molecule has 1 N–H and O–H groups in total. The smallest absolute Gasteiger partial charge is 0.255 e. The van der Waals surface area contributed by atoms with Gasteiger partial charge in [0.15, 0.2) is 0 Å². The van der Waals surface area contributed by atoms with E-state index in [2.05, 4.69) is 11.9 Å². The van der Waals surface area contributed by atoms with Gasteiger partial charge in [-0.1, -0.05) is 13.3 Å². The highest BCUT2D eigenvalue weighted by molar-refractivity contribution is 6.06. The third-order valence-electron chi connectivity index (χ3n) is 3.31. The van der Waals surface area contributed by atoms with E-state index in [0.717, 1.165) is 41.6 Å². The van der Waals surface area contributed by atoms with E-state index < -0.39 is 0 Å². The van der Waals surface area contributed by atoms with Gasteiger partial charge in [0, 0.05) is 36.8 Å². The second-order valence-electron chi connectivity index (χ2n) is 4.69. The number of nitrogens with zero attached hydrogens (tertiary/aromatic N) is 1. The van der Waals surface area contributed by atoms with Crippen LogP contribution in [0.4, 0.5) is 0 Å². The molecule has 0 aliphatic rings. The number of hydrogen-bond donors (Lipinski definition) is 1. The summed E-state index contributed by atoms with van der Waals surface area (Å²) in [5.41, 5.74) is 1.64. The summed E-state index contributed by atoms with van der Waals surface area (Å²) in [5, 5.41) is 0.939. The van der Waals surface area contributed by atoms with Crippen LogP contribution in [0.15, 0.2) is 24.4 Å². The highest BCUT2D eigenvalue weighted by Crippen LogP contribution is 2.24. The fraction of sp³-hybridized carbons (Fsp3) is 0.400. The van der Waals surface area contributed by atoms with Crippen molar-refractivity contribution in [2.75, 3.05) is 20.7 Å². The van der Waals surface area contributed by atoms with Crippen LogP contribution in [-0.4, -0.2) is 36.5 Å². The van der Waals surface area contributed by atoms with Gasteiger partial charge in [-0.25, -0.2) is 0 Å². The normalized spacial score (nSPS) is 10.7. The van der Waals surface area contributed by atoms with E-state index in [0.29, 0.717) is 0 Å². The summed E-state index contributed by atoms with van der Waals surface area (Å²) in [7, 11) is 3.48. The minimum Gasteiger partial charge on any atom is -0.497 e. The van der Waals surface area contributed by atoms with Crippen molar-refractivity contribution in [2.45, 2.75) is 19.8 Å². The molecule has 0 atom stereocenters. The van der Waals surface area contributed by atoms with Crippen LogP contribution in [-0.2, 0) is 0 Å². The van der Waals surface area contributed by atoms with E-state index in [1.165, 1.54) is 0 Å². The van der Waals surface area contributed by atoms with E-state index in [-0.39, 0.29) is 5.91 Å². The van der Waals surface area contributed by atoms with Gasteiger partial charge in [-0.2, -0.15) is 0 Å². The average Bonchev–Trinajstić information content (AvgIpc) is 2.86. The maximum Gasteiger partial charge on any atom is 0.255 e. The molecule has 1 aromatic carbocycles. The standard InChI is InChI=1S/C15H20N2O2/c1-4-5-8-17(2)15(18)13-10-16-14-9-11(19-3)6-7-12(13)14/h6-7,9-10,16H,4-5,8H2,1-3H3. The van der Waals surface area contributed by atoms with Crippen LogP contribution < -0.4 is 4.74 Å². The van der Waals surface area contributed by atoms with Gasteiger partial charge in [-0.05, 0) is 18.6 Å². The van der Waals surface area contributed by atoms with Crippen LogP contribution in [0.3, 0.4) is 0 Å². The summed E-state index contributed by atoms with van der Waals surface area (Å²) in [4.78, 5) is 17.3. The number of nitrogens with one attached hydrogen (secondary N) is 1. The molecule has 1 amide bonds. The molecule has 0 saturated heterocycles. The first-order valence-electron chi connectivity index (χ1n) is 6.58. The summed E-state index contributed by atoms with van der Waals surface area (Å²) < 4.78 is 5.18. The number of carbonyl (C=O) groups is 1. The van der Waals surface area contributed by atoms with E-state index in [1.807, 2.05) is 25.2 Å². The molecule has 0 fully saturated rings. The highest BCUT2D eigenvalue weighted by Gasteiger charge is 2.15. The fourth-order valence-electron chi connectivity index (χ4n) is 2.11. The summed E-state index contributed by atoms with van der Waals surface area (Å²) in [6.07, 6.45) is 3.88. The second kappa shape index (κ2) is 5.78. The molecule has 0 spiro atoms. The van der Waals surface area contributed by atoms with Crippen molar-refractivity contribution in [3.05, 3.63) is 30.0 Å². The monoisotopic (exact) mass is 260 g/mol. The molecular formula is C15H20N2O2. The number of aromatic nitrogens is 1. The van der Waals surface area contributed by atoms with Crippen molar-refractivity contribution in [3.8, 4) is 5.75 Å². The van der Waals surface area contributed by atoms with Gasteiger partial charge < -0.3 is 14.6 Å². The molecule has 1 heterocycles. The maximum atomic E-state index is 12.4. The van der Waals surface area contributed by atoms with E-state index in [1.54, 1.807) is 18.2 Å². The number of methoxy groups -OCH3 is 1. The van der Waals surface area contributed by atoms with Gasteiger partial charge in [0.2, 0.25) is 0 Å². The molecule has 2 aromatic rings. The molecule has 0 bridgehead atoms. The number of carbonyl (C=O) groups excluding carboxylic acids is 1. The minimum absolute atomic E-state index is 0.0601. The Bertz CT molecular complexity index is 575. The SMILES string of the molecule is CCCCN(C)C(=O)c1c[nH]c2cc(OC)ccc12. The molecule has 1 aromatic heterocycles. The lowest BCUT2D eigenvalue weighted by Gasteiger charge is -2.16. The quantitative estimate of drug-likeness (QED) is 0.898. The Hall–Kier alpha value is -1.97. The number of unbranched alkanes of at least 4 members (excludes halogenated alkanes) is 1. The summed E-state index contributed by atoms with van der Waals surface area (Å²) >= 11 is 0. The Morgan fingerprint density at radius 2 is 2.21 bits per heavy atom. The van der Waals surface area contributed by atoms with Gasteiger partial charge in [0.25, 0.3) is 5.91 Å². The molecule has 0 aliphatic carbocycles. The molecule has 0 aliphatic heterocycles. The van der Waals surface area contributed by atoms with Crippen molar-refractivity contribution in [1.82, 2.24) is 9.88 Å². The zero-order valence-electron chi connectivity index (χ0n) is 11.7. The third-order valence-corrected chi connectivity index (χ3v) is 3.31. The van der Waals surface area contributed by atoms with Crippen LogP contribution in [0.25, 0.3) is 10.9 Å². The number of rotatable bonds is 5. The van der Waals surface area contributed by atoms with Crippen LogP contribution in [0.1, 0.15) is 30.1 Å². The third kappa shape index (κ3) is 2.72. The lowest BCUT2D eigenvalue weighted by atomic mass is 10.1. The molecule has 0 unspecified atom stereocenters. The van der Waals surface area contributed by atoms with Gasteiger partial charge in [0.1, 0.15) is 5.75 Å². The predicted molar refractivity (Wildman–Crippen MR) is 76.7 cm³/mol. The van der Waals surface area contributed by atoms with Crippen molar-refractivity contribution < 1.29 is 9.53 Å². The Balaban J connectivity index is 2.27. The van der Waals surface area contributed by atoms with Crippen LogP contribution in [0.5, 0.6) is 5.75 Å². The molecule has 0 saturated carbocycles. The van der Waals surface area contributed by atoms with Gasteiger partial charge in [-0.15, -0.1) is 0 Å². The van der Waals surface area contributed by atoms with Crippen molar-refractivity contribution in [1.29, 1.82) is 0 Å². The first kappa shape index (κ1) is 13.5. The molecule has 0 radical (unpaired) electrons. The molecule has 102 valence electrons. The average molecular weight is 260 g/mol. The number of benzene rings is 1. The lowest BCUT2D eigenvalue weighted by Crippen LogP contribution is -2.27. The van der Waals surface area contributed by atoms with Gasteiger partial charge in [-0.3, -0.25) is 4.79 Å². The number of fused-ring (bicyclic) bond motifs is 1. The van der Waals surface area contributed by atoms with Crippen molar-refractivity contribution in [3.63, 3.8) is 0 Å². The Morgan fingerprint density at radius 3 is 2.89 bits per heavy atom. The fourth-order valence-corrected chi connectivity index (χ4v) is 2.11. The Morgan fingerprint density at radius 1 is 1.42 bits per heavy atom. The van der Waals surface area contributed by atoms with Crippen LogP contribution in [0, 0.1) is 0 Å². The van der Waals surface area contributed by atoms with Gasteiger partial charge in [0.05, 0.1) is 12.7 Å². The van der Waals surface area contributed by atoms with Crippen molar-refractivity contribution in [2.24, 2.45) is 0 Å². The van der Waals surface area contributed by atoms with E-state index in [4.69, 9.17) is 4.74 Å². The van der Waals surface area contributed by atoms with Crippen LogP contribution in [0.2, 0.25) is 0 Å². The number of H-pyrrole nitrogens is 1. The molecule has 4 heteroatoms. The first-order valence-corrected chi connectivity index (χ1v) is 6.58. The molecular weight excluding hydrogens is 240 g/mol. The van der Waals surface area contributed by atoms with Crippen molar-refractivity contribution >= 4 is 16.8 Å². The lowest BCUT2D eigenvalue weighted by molar-refractivity contribution is 0.0795. The second-order valence-corrected chi connectivity index (χ2v) is 4.69. The molecule has 4 nitrogen and oxygen atoms in total. The van der Waals surface area contributed by atoms with Gasteiger partial charge >= 0.3 is 0 Å². The Labute approximate surface area is 113 Å². The topological polar surface area (TPSA) is 45.3 Å². The number of hydrogen-bond acceptors (Lipinski definition) is 2. The zero-order valence-corrected chi connectivity index (χ0v) is 11.7. The summed E-state index contributed by atoms with van der Waals surface area (Å²) in [6.45, 7) is 2.91. The first-order chi connectivity index (χ1) is 9.17. The van der Waals surface area contributed by atoms with E-state index in [9.17, 15) is 4.79 Å². The number of amides is 1. The molecule has 2 rings (SSSR count). The summed E-state index contributed by atoms with van der Waals surface area (Å²) in [6, 6.07) is 5.70. The highest BCUT2D eigenvalue weighted by atomic mass is 16.5. The largest absolute Gasteiger partial charge is 0.497 e. The van der Waals surface area contributed by atoms with E-state index >= 15 is 0 Å².